The van der Waals surface area contributed by atoms with E-state index in [0.717, 1.165) is 30.7 Å². The number of hydrogen-bond donors (Lipinski definition) is 2. The number of aliphatic hydroxyl groups is 1. The smallest absolute Gasteiger partial charge is 0.175 e. The lowest BCUT2D eigenvalue weighted by atomic mass is 9.77. The maximum atomic E-state index is 10.1. The molecule has 2 bridgehead atoms. The minimum absolute atomic E-state index is 0.226. The Hall–Kier alpha value is -1.01. The highest BCUT2D eigenvalue weighted by Gasteiger charge is 2.62. The normalized spacial score (nSPS) is 39.8. The van der Waals surface area contributed by atoms with Crippen molar-refractivity contribution < 1.29 is 14.9 Å². The molecule has 0 amide bonds. The first-order valence-electron chi connectivity index (χ1n) is 9.39. The summed E-state index contributed by atoms with van der Waals surface area (Å²) in [7, 11) is 0. The summed E-state index contributed by atoms with van der Waals surface area (Å²) in [5.74, 6) is 1.22. The predicted molar refractivity (Wildman–Crippen MR) is 98.5 cm³/mol. The topological polar surface area (TPSA) is 52.9 Å². The van der Waals surface area contributed by atoms with Gasteiger partial charge in [0, 0.05) is 28.6 Å². The van der Waals surface area contributed by atoms with Gasteiger partial charge in [-0.1, -0.05) is 24.6 Å². The van der Waals surface area contributed by atoms with Crippen LogP contribution in [0.3, 0.4) is 0 Å². The van der Waals surface area contributed by atoms with Crippen molar-refractivity contribution in [3.05, 3.63) is 41.5 Å². The van der Waals surface area contributed by atoms with E-state index < -0.39 is 6.29 Å². The van der Waals surface area contributed by atoms with E-state index in [4.69, 9.17) is 4.74 Å². The summed E-state index contributed by atoms with van der Waals surface area (Å²) in [5, 5.41) is 20.7. The maximum Gasteiger partial charge on any atom is 0.175 e. The Morgan fingerprint density at radius 1 is 1.28 bits per heavy atom. The number of benzene rings is 1. The number of phenols is 1. The third-order valence-corrected chi connectivity index (χ3v) is 7.92. The highest BCUT2D eigenvalue weighted by molar-refractivity contribution is 7.99. The number of ether oxygens (including phenoxy) is 1. The monoisotopic (exact) mass is 359 g/mol. The van der Waals surface area contributed by atoms with Crippen molar-refractivity contribution in [1.29, 1.82) is 0 Å². The van der Waals surface area contributed by atoms with E-state index >= 15 is 0 Å². The quantitative estimate of drug-likeness (QED) is 0.813. The van der Waals surface area contributed by atoms with Crippen molar-refractivity contribution in [2.45, 2.75) is 67.1 Å². The molecule has 2 N–H and O–H groups in total. The summed E-state index contributed by atoms with van der Waals surface area (Å²) < 4.78 is 6.12. The Morgan fingerprint density at radius 2 is 2.16 bits per heavy atom. The minimum atomic E-state index is -0.737. The van der Waals surface area contributed by atoms with Crippen LogP contribution in [0.4, 0.5) is 0 Å². The average molecular weight is 359 g/mol. The summed E-state index contributed by atoms with van der Waals surface area (Å²) in [6, 6.07) is 8.59. The number of piperidine rings is 1. The van der Waals surface area contributed by atoms with Crippen molar-refractivity contribution in [3.8, 4) is 5.75 Å². The molecule has 4 nitrogen and oxygen atoms in total. The molecule has 1 aliphatic carbocycles. The van der Waals surface area contributed by atoms with Crippen molar-refractivity contribution in [2.75, 3.05) is 6.54 Å². The minimum Gasteiger partial charge on any atom is -0.508 e. The second-order valence-corrected chi connectivity index (χ2v) is 9.02. The van der Waals surface area contributed by atoms with Gasteiger partial charge in [0.2, 0.25) is 0 Å². The zero-order chi connectivity index (χ0) is 17.0. The summed E-state index contributed by atoms with van der Waals surface area (Å²) in [6.45, 7) is 1.15. The molecule has 5 rings (SSSR count). The first-order valence-corrected chi connectivity index (χ1v) is 10.4. The van der Waals surface area contributed by atoms with Crippen LogP contribution in [0.2, 0.25) is 0 Å². The molecule has 3 heterocycles. The van der Waals surface area contributed by atoms with Crippen LogP contribution >= 0.6 is 11.8 Å². The van der Waals surface area contributed by atoms with Crippen LogP contribution in [0.15, 0.2) is 35.9 Å². The zero-order valence-corrected chi connectivity index (χ0v) is 15.1. The fraction of sp³-hybridized carbons (Fsp3) is 0.600. The Kier molecular flexibility index (Phi) is 3.89. The molecule has 0 radical (unpaired) electrons. The van der Waals surface area contributed by atoms with E-state index in [2.05, 4.69) is 4.90 Å². The molecule has 134 valence electrons. The molecule has 3 aliphatic heterocycles. The first-order chi connectivity index (χ1) is 12.2. The molecule has 5 heteroatoms. The van der Waals surface area contributed by atoms with Gasteiger partial charge in [-0.3, -0.25) is 4.90 Å². The van der Waals surface area contributed by atoms with Gasteiger partial charge in [-0.25, -0.2) is 0 Å². The van der Waals surface area contributed by atoms with Crippen LogP contribution < -0.4 is 0 Å². The van der Waals surface area contributed by atoms with Gasteiger partial charge in [0.1, 0.15) is 11.4 Å². The van der Waals surface area contributed by atoms with Crippen LogP contribution in [0.5, 0.6) is 5.75 Å². The van der Waals surface area contributed by atoms with Gasteiger partial charge in [0.05, 0.1) is 0 Å². The number of aliphatic hydroxyl groups excluding tert-OH is 1. The van der Waals surface area contributed by atoms with Gasteiger partial charge < -0.3 is 14.9 Å². The largest absolute Gasteiger partial charge is 0.508 e. The molecular weight excluding hydrogens is 334 g/mol. The van der Waals surface area contributed by atoms with E-state index in [0.29, 0.717) is 23.1 Å². The molecule has 3 fully saturated rings. The van der Waals surface area contributed by atoms with E-state index in [1.807, 2.05) is 36.0 Å². The van der Waals surface area contributed by atoms with Gasteiger partial charge in [-0.05, 0) is 49.9 Å². The van der Waals surface area contributed by atoms with Crippen LogP contribution in [0.25, 0.3) is 0 Å². The van der Waals surface area contributed by atoms with Gasteiger partial charge in [0.15, 0.2) is 6.29 Å². The Balaban J connectivity index is 1.41. The molecular formula is C20H25NO3S. The number of para-hydroxylation sites is 1. The predicted octanol–water partition coefficient (Wildman–Crippen LogP) is 3.04. The summed E-state index contributed by atoms with van der Waals surface area (Å²) in [4.78, 5) is 2.67. The summed E-state index contributed by atoms with van der Waals surface area (Å²) >= 11 is 1.95. The van der Waals surface area contributed by atoms with E-state index in [-0.39, 0.29) is 5.60 Å². The second-order valence-electron chi connectivity index (χ2n) is 7.79. The fourth-order valence-corrected chi connectivity index (χ4v) is 6.87. The van der Waals surface area contributed by atoms with Gasteiger partial charge in [0.25, 0.3) is 0 Å². The summed E-state index contributed by atoms with van der Waals surface area (Å²) in [6.07, 6.45) is 6.93. The lowest BCUT2D eigenvalue weighted by Crippen LogP contribution is -2.48. The molecule has 1 aromatic rings. The van der Waals surface area contributed by atoms with Crippen LogP contribution in [-0.4, -0.2) is 50.9 Å². The molecule has 1 aromatic carbocycles. The van der Waals surface area contributed by atoms with Crippen molar-refractivity contribution in [1.82, 2.24) is 4.90 Å². The zero-order valence-electron chi connectivity index (χ0n) is 14.3. The Labute approximate surface area is 152 Å². The lowest BCUT2D eigenvalue weighted by Gasteiger charge is -2.38. The second kappa shape index (κ2) is 6.02. The molecule has 4 aliphatic rings. The number of rotatable bonds is 3. The van der Waals surface area contributed by atoms with Crippen molar-refractivity contribution >= 4 is 11.8 Å². The van der Waals surface area contributed by atoms with E-state index in [9.17, 15) is 10.2 Å². The van der Waals surface area contributed by atoms with E-state index in [1.54, 1.807) is 6.07 Å². The van der Waals surface area contributed by atoms with Crippen LogP contribution in [-0.2, 0) is 10.5 Å². The SMILES string of the molecule is Oc1ccccc1CSC1CC2=CC(O)O[C@@]23C[C@@H]1N1CCCC[C@@H]13. The third-order valence-electron chi connectivity index (χ3n) is 6.53. The number of fused-ring (bicyclic) bond motifs is 3. The highest BCUT2D eigenvalue weighted by atomic mass is 32.2. The first kappa shape index (κ1) is 16.2. The van der Waals surface area contributed by atoms with E-state index in [1.165, 1.54) is 24.8 Å². The molecule has 25 heavy (non-hydrogen) atoms. The lowest BCUT2D eigenvalue weighted by molar-refractivity contribution is -0.139. The molecule has 1 spiro atoms. The standard InChI is InChI=1S/C20H25NO3S/c22-16-6-2-1-5-13(16)12-25-17-9-14-10-19(23)24-20(14)11-15(17)21-8-4-3-7-18(20)21/h1-2,5-6,10,15,17-19,22-23H,3-4,7-9,11-12H2/t15-,17?,18+,19?,20-/m0/s1. The summed E-state index contributed by atoms with van der Waals surface area (Å²) in [5.41, 5.74) is 2.10. The third kappa shape index (κ3) is 2.47. The number of aromatic hydroxyl groups is 1. The number of phenolic OH excluding ortho intramolecular Hbond substituents is 1. The van der Waals surface area contributed by atoms with Crippen LogP contribution in [0.1, 0.15) is 37.7 Å². The molecule has 1 saturated carbocycles. The highest BCUT2D eigenvalue weighted by Crippen LogP contribution is 2.56. The Bertz CT molecular complexity index is 708. The molecule has 0 aromatic heterocycles. The number of thioether (sulfide) groups is 1. The van der Waals surface area contributed by atoms with Gasteiger partial charge in [-0.2, -0.15) is 11.8 Å². The van der Waals surface area contributed by atoms with Crippen molar-refractivity contribution in [3.63, 3.8) is 0 Å². The Morgan fingerprint density at radius 3 is 3.04 bits per heavy atom. The van der Waals surface area contributed by atoms with Crippen LogP contribution in [0, 0.1) is 0 Å². The maximum absolute atomic E-state index is 10.1. The molecule has 2 saturated heterocycles. The van der Waals surface area contributed by atoms with Gasteiger partial charge >= 0.3 is 0 Å². The fourth-order valence-electron chi connectivity index (χ4n) is 5.46. The average Bonchev–Trinajstić information content (AvgIpc) is 3.10. The number of hydrogen-bond acceptors (Lipinski definition) is 5. The van der Waals surface area contributed by atoms with Gasteiger partial charge in [-0.15, -0.1) is 0 Å². The molecule has 5 atom stereocenters. The molecule has 2 unspecified atom stereocenters. The number of nitrogens with zero attached hydrogens (tertiary/aromatic N) is 1. The van der Waals surface area contributed by atoms with Crippen molar-refractivity contribution in [2.24, 2.45) is 0 Å².